The topological polar surface area (TPSA) is 63.4 Å². The number of carbonyl (C=O) groups is 1. The Morgan fingerprint density at radius 2 is 1.96 bits per heavy atom. The van der Waals surface area contributed by atoms with E-state index in [4.69, 9.17) is 23.2 Å². The Kier molecular flexibility index (Phi) is 4.39. The summed E-state index contributed by atoms with van der Waals surface area (Å²) in [6.07, 6.45) is 1.77. The molecular weight excluding hydrogens is 381 g/mol. The first-order valence-corrected chi connectivity index (χ1v) is 9.53. The van der Waals surface area contributed by atoms with E-state index in [0.29, 0.717) is 34.6 Å². The van der Waals surface area contributed by atoms with Crippen LogP contribution in [0.1, 0.15) is 39.9 Å². The normalized spacial score (nSPS) is 15.9. The van der Waals surface area contributed by atoms with E-state index in [-0.39, 0.29) is 5.91 Å². The van der Waals surface area contributed by atoms with E-state index in [1.54, 1.807) is 34.1 Å². The first kappa shape index (κ1) is 16.8. The number of hydrogen-bond acceptors (Lipinski definition) is 5. The van der Waals surface area contributed by atoms with E-state index in [1.165, 1.54) is 0 Å². The second-order valence-corrected chi connectivity index (χ2v) is 7.88. The maximum atomic E-state index is 12.6. The van der Waals surface area contributed by atoms with E-state index in [9.17, 15) is 4.79 Å². The standard InChI is InChI=1S/C16H15Cl2N5OS/c1-9-19-20-16-23(9)21-14(25-16)10-4-6-22(7-5-10)15(24)11-2-3-12(17)13(18)8-11/h2-3,8,10H,4-7H2,1H3. The first-order chi connectivity index (χ1) is 12.0. The van der Waals surface area contributed by atoms with Gasteiger partial charge in [-0.3, -0.25) is 4.79 Å². The fourth-order valence-electron chi connectivity index (χ4n) is 3.04. The summed E-state index contributed by atoms with van der Waals surface area (Å²) >= 11 is 13.5. The highest BCUT2D eigenvalue weighted by Gasteiger charge is 2.27. The van der Waals surface area contributed by atoms with Gasteiger partial charge in [-0.15, -0.1) is 10.2 Å². The van der Waals surface area contributed by atoms with Crippen LogP contribution in [0.2, 0.25) is 10.0 Å². The van der Waals surface area contributed by atoms with Crippen molar-refractivity contribution in [1.29, 1.82) is 0 Å². The lowest BCUT2D eigenvalue weighted by Crippen LogP contribution is -2.37. The predicted molar refractivity (Wildman–Crippen MR) is 97.7 cm³/mol. The van der Waals surface area contributed by atoms with Crippen molar-refractivity contribution < 1.29 is 4.79 Å². The van der Waals surface area contributed by atoms with Gasteiger partial charge in [0.15, 0.2) is 5.82 Å². The molecule has 0 spiro atoms. The molecule has 0 aliphatic carbocycles. The quantitative estimate of drug-likeness (QED) is 0.661. The minimum atomic E-state index is -0.00833. The SMILES string of the molecule is Cc1nnc2sc(C3CCN(C(=O)c4ccc(Cl)c(Cl)c4)CC3)nn12. The number of likely N-dealkylation sites (tertiary alicyclic amines) is 1. The van der Waals surface area contributed by atoms with Crippen molar-refractivity contribution in [3.05, 3.63) is 44.6 Å². The van der Waals surface area contributed by atoms with Crippen LogP contribution in [-0.2, 0) is 0 Å². The number of rotatable bonds is 2. The lowest BCUT2D eigenvalue weighted by atomic mass is 9.97. The molecule has 0 atom stereocenters. The van der Waals surface area contributed by atoms with Crippen molar-refractivity contribution in [2.75, 3.05) is 13.1 Å². The molecule has 1 fully saturated rings. The molecule has 9 heteroatoms. The van der Waals surface area contributed by atoms with Gasteiger partial charge < -0.3 is 4.90 Å². The molecule has 0 saturated carbocycles. The van der Waals surface area contributed by atoms with Gasteiger partial charge in [-0.05, 0) is 38.0 Å². The van der Waals surface area contributed by atoms with Gasteiger partial charge in [-0.1, -0.05) is 34.5 Å². The molecule has 1 aliphatic heterocycles. The van der Waals surface area contributed by atoms with Crippen LogP contribution < -0.4 is 0 Å². The maximum absolute atomic E-state index is 12.6. The molecule has 4 rings (SSSR count). The highest BCUT2D eigenvalue weighted by Crippen LogP contribution is 2.32. The molecule has 3 aromatic rings. The zero-order valence-electron chi connectivity index (χ0n) is 13.4. The second kappa shape index (κ2) is 6.55. The van der Waals surface area contributed by atoms with Crippen molar-refractivity contribution in [3.8, 4) is 0 Å². The molecule has 2 aromatic heterocycles. The number of benzene rings is 1. The molecular formula is C16H15Cl2N5OS. The zero-order chi connectivity index (χ0) is 17.6. The summed E-state index contributed by atoms with van der Waals surface area (Å²) in [7, 11) is 0. The van der Waals surface area contributed by atoms with Crippen LogP contribution in [0.3, 0.4) is 0 Å². The molecule has 130 valence electrons. The summed E-state index contributed by atoms with van der Waals surface area (Å²) in [5.41, 5.74) is 0.572. The fourth-order valence-corrected chi connectivity index (χ4v) is 4.39. The minimum absolute atomic E-state index is 0.00833. The summed E-state index contributed by atoms with van der Waals surface area (Å²) in [4.78, 5) is 15.3. The van der Waals surface area contributed by atoms with Crippen molar-refractivity contribution >= 4 is 45.4 Å². The summed E-state index contributed by atoms with van der Waals surface area (Å²) < 4.78 is 1.78. The molecule has 3 heterocycles. The van der Waals surface area contributed by atoms with Crippen LogP contribution in [0.4, 0.5) is 0 Å². The Morgan fingerprint density at radius 3 is 2.64 bits per heavy atom. The molecule has 1 aliphatic rings. The number of hydrogen-bond donors (Lipinski definition) is 0. The van der Waals surface area contributed by atoms with Gasteiger partial charge in [0, 0.05) is 24.6 Å². The van der Waals surface area contributed by atoms with Gasteiger partial charge in [0.1, 0.15) is 5.01 Å². The first-order valence-electron chi connectivity index (χ1n) is 7.96. The molecule has 0 unspecified atom stereocenters. The summed E-state index contributed by atoms with van der Waals surface area (Å²) in [5, 5.41) is 14.7. The number of amides is 1. The van der Waals surface area contributed by atoms with Crippen molar-refractivity contribution in [2.45, 2.75) is 25.7 Å². The van der Waals surface area contributed by atoms with Crippen LogP contribution in [0.15, 0.2) is 18.2 Å². The van der Waals surface area contributed by atoms with Crippen LogP contribution in [0.5, 0.6) is 0 Å². The molecule has 0 bridgehead atoms. The van der Waals surface area contributed by atoms with Gasteiger partial charge in [0.25, 0.3) is 5.91 Å². The van der Waals surface area contributed by atoms with Gasteiger partial charge in [0.2, 0.25) is 4.96 Å². The molecule has 1 saturated heterocycles. The molecule has 0 radical (unpaired) electrons. The Labute approximate surface area is 158 Å². The van der Waals surface area contributed by atoms with Gasteiger partial charge in [-0.2, -0.15) is 9.61 Å². The highest BCUT2D eigenvalue weighted by molar-refractivity contribution is 7.16. The van der Waals surface area contributed by atoms with Gasteiger partial charge in [0.05, 0.1) is 10.0 Å². The Morgan fingerprint density at radius 1 is 1.20 bits per heavy atom. The smallest absolute Gasteiger partial charge is 0.253 e. The lowest BCUT2D eigenvalue weighted by molar-refractivity contribution is 0.0713. The second-order valence-electron chi connectivity index (χ2n) is 6.08. The van der Waals surface area contributed by atoms with Crippen molar-refractivity contribution in [2.24, 2.45) is 0 Å². The monoisotopic (exact) mass is 395 g/mol. The number of nitrogens with zero attached hydrogens (tertiary/aromatic N) is 5. The molecule has 1 aromatic carbocycles. The van der Waals surface area contributed by atoms with E-state index >= 15 is 0 Å². The number of aromatic nitrogens is 4. The average Bonchev–Trinajstić information content (AvgIpc) is 3.19. The predicted octanol–water partition coefficient (Wildman–Crippen LogP) is 3.82. The van der Waals surface area contributed by atoms with Crippen molar-refractivity contribution in [1.82, 2.24) is 24.7 Å². The Hall–Kier alpha value is -1.70. The fraction of sp³-hybridized carbons (Fsp3) is 0.375. The molecule has 6 nitrogen and oxygen atoms in total. The van der Waals surface area contributed by atoms with E-state index in [1.807, 2.05) is 11.8 Å². The molecule has 1 amide bonds. The van der Waals surface area contributed by atoms with Gasteiger partial charge in [-0.25, -0.2) is 0 Å². The number of piperidine rings is 1. The van der Waals surface area contributed by atoms with E-state index < -0.39 is 0 Å². The minimum Gasteiger partial charge on any atom is -0.339 e. The highest BCUT2D eigenvalue weighted by atomic mass is 35.5. The summed E-state index contributed by atoms with van der Waals surface area (Å²) in [5.74, 6) is 1.14. The third kappa shape index (κ3) is 3.12. The van der Waals surface area contributed by atoms with E-state index in [2.05, 4.69) is 15.3 Å². The van der Waals surface area contributed by atoms with Crippen LogP contribution in [0.25, 0.3) is 4.96 Å². The van der Waals surface area contributed by atoms with Gasteiger partial charge >= 0.3 is 0 Å². The molecule has 25 heavy (non-hydrogen) atoms. The number of halogens is 2. The largest absolute Gasteiger partial charge is 0.339 e. The summed E-state index contributed by atoms with van der Waals surface area (Å²) in [6, 6.07) is 5.00. The lowest BCUT2D eigenvalue weighted by Gasteiger charge is -2.31. The Balaban J connectivity index is 1.45. The van der Waals surface area contributed by atoms with Crippen LogP contribution >= 0.6 is 34.5 Å². The summed E-state index contributed by atoms with van der Waals surface area (Å²) in [6.45, 7) is 3.29. The maximum Gasteiger partial charge on any atom is 0.253 e. The third-order valence-corrected chi connectivity index (χ3v) is 6.26. The number of fused-ring (bicyclic) bond motifs is 1. The van der Waals surface area contributed by atoms with Crippen LogP contribution in [-0.4, -0.2) is 43.7 Å². The van der Waals surface area contributed by atoms with Crippen LogP contribution in [0, 0.1) is 6.92 Å². The average molecular weight is 396 g/mol. The van der Waals surface area contributed by atoms with Crippen molar-refractivity contribution in [3.63, 3.8) is 0 Å². The number of aryl methyl sites for hydroxylation is 1. The Bertz CT molecular complexity index is 945. The van der Waals surface area contributed by atoms with E-state index in [0.717, 1.165) is 28.6 Å². The third-order valence-electron chi connectivity index (χ3n) is 4.46. The molecule has 0 N–H and O–H groups in total. The zero-order valence-corrected chi connectivity index (χ0v) is 15.8. The number of carbonyl (C=O) groups excluding carboxylic acids is 1.